The van der Waals surface area contributed by atoms with Crippen LogP contribution >= 0.6 is 0 Å². The Morgan fingerprint density at radius 2 is 1.37 bits per heavy atom. The molecule has 0 saturated carbocycles. The molecule has 0 saturated heterocycles. The van der Waals surface area contributed by atoms with E-state index >= 15 is 0 Å². The van der Waals surface area contributed by atoms with Gasteiger partial charge >= 0.3 is 11.9 Å². The molecule has 0 aromatic rings. The number of aliphatic hydroxyl groups is 1. The van der Waals surface area contributed by atoms with E-state index in [4.69, 9.17) is 14.6 Å². The molecular weight excluding hydrogens is 250 g/mol. The van der Waals surface area contributed by atoms with Crippen LogP contribution in [-0.4, -0.2) is 68.0 Å². The Hall–Kier alpha value is -1.14. The van der Waals surface area contributed by atoms with E-state index in [-0.39, 0.29) is 18.5 Å². The summed E-state index contributed by atoms with van der Waals surface area (Å²) >= 11 is 0. The summed E-state index contributed by atoms with van der Waals surface area (Å²) in [6.45, 7) is 5.87. The fourth-order valence-corrected chi connectivity index (χ4v) is 1.54. The standard InChI is InChI=1S/C13H26NO5/c1-4-12(16)18-10-7-14(3,6-9-15)8-11-19-13(17)5-2/h15H,4-11H2,1-3H3/q+1. The topological polar surface area (TPSA) is 72.8 Å². The summed E-state index contributed by atoms with van der Waals surface area (Å²) in [6, 6.07) is 0. The molecule has 0 bridgehead atoms. The van der Waals surface area contributed by atoms with E-state index in [0.29, 0.717) is 50.2 Å². The molecule has 0 radical (unpaired) electrons. The maximum absolute atomic E-state index is 11.0. The van der Waals surface area contributed by atoms with Crippen LogP contribution in [0, 0.1) is 0 Å². The fraction of sp³-hybridized carbons (Fsp3) is 0.846. The van der Waals surface area contributed by atoms with Crippen molar-refractivity contribution in [2.45, 2.75) is 26.7 Å². The van der Waals surface area contributed by atoms with Crippen molar-refractivity contribution in [3.05, 3.63) is 0 Å². The molecule has 0 aliphatic rings. The molecule has 112 valence electrons. The normalized spacial score (nSPS) is 11.2. The number of esters is 2. The highest BCUT2D eigenvalue weighted by molar-refractivity contribution is 5.69. The van der Waals surface area contributed by atoms with Crippen molar-refractivity contribution < 1.29 is 28.7 Å². The van der Waals surface area contributed by atoms with Crippen LogP contribution in [0.15, 0.2) is 0 Å². The molecule has 0 unspecified atom stereocenters. The lowest BCUT2D eigenvalue weighted by atomic mass is 10.3. The number of likely N-dealkylation sites (N-methyl/N-ethyl adjacent to an activating group) is 1. The highest BCUT2D eigenvalue weighted by atomic mass is 16.5. The molecule has 0 fully saturated rings. The van der Waals surface area contributed by atoms with Gasteiger partial charge in [0.25, 0.3) is 0 Å². The molecule has 19 heavy (non-hydrogen) atoms. The third-order valence-corrected chi connectivity index (χ3v) is 3.01. The predicted molar refractivity (Wildman–Crippen MR) is 70.4 cm³/mol. The van der Waals surface area contributed by atoms with Crippen LogP contribution in [0.3, 0.4) is 0 Å². The monoisotopic (exact) mass is 276 g/mol. The molecule has 1 N–H and O–H groups in total. The summed E-state index contributed by atoms with van der Waals surface area (Å²) in [7, 11) is 1.94. The maximum Gasteiger partial charge on any atom is 0.305 e. The molecule has 0 rings (SSSR count). The van der Waals surface area contributed by atoms with E-state index < -0.39 is 0 Å². The van der Waals surface area contributed by atoms with Gasteiger partial charge in [-0.3, -0.25) is 9.59 Å². The highest BCUT2D eigenvalue weighted by Crippen LogP contribution is 2.03. The van der Waals surface area contributed by atoms with E-state index in [0.717, 1.165) is 0 Å². The van der Waals surface area contributed by atoms with Gasteiger partial charge in [0.1, 0.15) is 32.8 Å². The van der Waals surface area contributed by atoms with Crippen molar-refractivity contribution in [3.8, 4) is 0 Å². The summed E-state index contributed by atoms with van der Waals surface area (Å²) in [6.07, 6.45) is 0.718. The Balaban J connectivity index is 4.09. The van der Waals surface area contributed by atoms with Gasteiger partial charge in [-0.1, -0.05) is 13.8 Å². The van der Waals surface area contributed by atoms with Crippen LogP contribution in [0.4, 0.5) is 0 Å². The molecule has 0 aromatic heterocycles. The van der Waals surface area contributed by atoms with Crippen LogP contribution < -0.4 is 0 Å². The second kappa shape index (κ2) is 9.75. The molecule has 0 heterocycles. The SMILES string of the molecule is CCC(=O)OCC[N+](C)(CCO)CCOC(=O)CC. The second-order valence-corrected chi connectivity index (χ2v) is 4.66. The first-order valence-electron chi connectivity index (χ1n) is 6.73. The third-order valence-electron chi connectivity index (χ3n) is 3.01. The number of carbonyl (C=O) groups excluding carboxylic acids is 2. The van der Waals surface area contributed by atoms with Crippen LogP contribution in [-0.2, 0) is 19.1 Å². The zero-order valence-corrected chi connectivity index (χ0v) is 12.2. The number of hydrogen-bond donors (Lipinski definition) is 1. The van der Waals surface area contributed by atoms with Crippen molar-refractivity contribution in [2.75, 3.05) is 46.5 Å². The fourth-order valence-electron chi connectivity index (χ4n) is 1.54. The minimum atomic E-state index is -0.229. The first kappa shape index (κ1) is 17.9. The molecule has 6 nitrogen and oxygen atoms in total. The molecule has 0 spiro atoms. The predicted octanol–water partition coefficient (Wildman–Crippen LogP) is 0.332. The Bertz CT molecular complexity index is 258. The van der Waals surface area contributed by atoms with Crippen molar-refractivity contribution in [2.24, 2.45) is 0 Å². The number of nitrogens with zero attached hydrogens (tertiary/aromatic N) is 1. The van der Waals surface area contributed by atoms with Crippen LogP contribution in [0.5, 0.6) is 0 Å². The summed E-state index contributed by atoms with van der Waals surface area (Å²) in [4.78, 5) is 22.1. The lowest BCUT2D eigenvalue weighted by Crippen LogP contribution is -2.50. The lowest BCUT2D eigenvalue weighted by Gasteiger charge is -2.33. The first-order valence-corrected chi connectivity index (χ1v) is 6.73. The van der Waals surface area contributed by atoms with Gasteiger partial charge in [0.2, 0.25) is 0 Å². The van der Waals surface area contributed by atoms with E-state index in [9.17, 15) is 9.59 Å². The zero-order chi connectivity index (χ0) is 14.7. The van der Waals surface area contributed by atoms with E-state index in [1.165, 1.54) is 0 Å². The average molecular weight is 276 g/mol. The molecular formula is C13H26NO5+. The summed E-state index contributed by atoms with van der Waals surface area (Å²) < 4.78 is 10.6. The molecule has 6 heteroatoms. The van der Waals surface area contributed by atoms with Crippen molar-refractivity contribution >= 4 is 11.9 Å². The summed E-state index contributed by atoms with van der Waals surface area (Å²) in [5, 5.41) is 9.08. The van der Waals surface area contributed by atoms with Crippen molar-refractivity contribution in [1.29, 1.82) is 0 Å². The smallest absolute Gasteiger partial charge is 0.305 e. The molecule has 0 aliphatic heterocycles. The Morgan fingerprint density at radius 1 is 0.947 bits per heavy atom. The van der Waals surface area contributed by atoms with Gasteiger partial charge in [-0.25, -0.2) is 0 Å². The largest absolute Gasteiger partial charge is 0.460 e. The van der Waals surface area contributed by atoms with Crippen molar-refractivity contribution in [1.82, 2.24) is 0 Å². The first-order chi connectivity index (χ1) is 8.97. The highest BCUT2D eigenvalue weighted by Gasteiger charge is 2.22. The number of aliphatic hydroxyl groups excluding tert-OH is 1. The van der Waals surface area contributed by atoms with Gasteiger partial charge in [0.15, 0.2) is 0 Å². The summed E-state index contributed by atoms with van der Waals surface area (Å²) in [5.41, 5.74) is 0. The minimum Gasteiger partial charge on any atom is -0.460 e. The van der Waals surface area contributed by atoms with Gasteiger partial charge in [-0.05, 0) is 0 Å². The lowest BCUT2D eigenvalue weighted by molar-refractivity contribution is -0.910. The van der Waals surface area contributed by atoms with Crippen LogP contribution in [0.1, 0.15) is 26.7 Å². The van der Waals surface area contributed by atoms with E-state index in [1.807, 2.05) is 7.05 Å². The Morgan fingerprint density at radius 3 is 1.68 bits per heavy atom. The Kier molecular flexibility index (Phi) is 9.16. The molecule has 0 aromatic carbocycles. The van der Waals surface area contributed by atoms with Crippen LogP contribution in [0.2, 0.25) is 0 Å². The zero-order valence-electron chi connectivity index (χ0n) is 12.2. The number of rotatable bonds is 10. The Labute approximate surface area is 114 Å². The quantitative estimate of drug-likeness (QED) is 0.460. The van der Waals surface area contributed by atoms with Gasteiger partial charge in [-0.2, -0.15) is 0 Å². The molecule has 0 atom stereocenters. The molecule has 0 amide bonds. The number of carbonyl (C=O) groups is 2. The number of hydrogen-bond acceptors (Lipinski definition) is 5. The summed E-state index contributed by atoms with van der Waals surface area (Å²) in [5.74, 6) is -0.457. The number of quaternary nitrogens is 1. The molecule has 0 aliphatic carbocycles. The van der Waals surface area contributed by atoms with E-state index in [1.54, 1.807) is 13.8 Å². The van der Waals surface area contributed by atoms with E-state index in [2.05, 4.69) is 0 Å². The van der Waals surface area contributed by atoms with Gasteiger partial charge < -0.3 is 19.1 Å². The van der Waals surface area contributed by atoms with Crippen LogP contribution in [0.25, 0.3) is 0 Å². The maximum atomic E-state index is 11.0. The third kappa shape index (κ3) is 8.56. The average Bonchev–Trinajstić information content (AvgIpc) is 2.38. The van der Waals surface area contributed by atoms with Crippen molar-refractivity contribution in [3.63, 3.8) is 0 Å². The number of ether oxygens (including phenoxy) is 2. The minimum absolute atomic E-state index is 0.0416. The van der Waals surface area contributed by atoms with Gasteiger partial charge in [-0.15, -0.1) is 0 Å². The second-order valence-electron chi connectivity index (χ2n) is 4.66. The van der Waals surface area contributed by atoms with Gasteiger partial charge in [0.05, 0.1) is 13.7 Å². The van der Waals surface area contributed by atoms with Gasteiger partial charge in [0, 0.05) is 12.8 Å².